The van der Waals surface area contributed by atoms with Gasteiger partial charge in [0.25, 0.3) is 11.8 Å². The van der Waals surface area contributed by atoms with Crippen molar-refractivity contribution in [3.05, 3.63) is 71.2 Å². The number of aryl methyl sites for hydroxylation is 1. The number of carbonyl (C=O) groups excluding carboxylic acids is 4. The molecular formula is C25H25N3O6S. The number of amides is 3. The van der Waals surface area contributed by atoms with Crippen LogP contribution in [0.4, 0.5) is 0 Å². The van der Waals surface area contributed by atoms with Crippen molar-refractivity contribution >= 4 is 33.3 Å². The van der Waals surface area contributed by atoms with Crippen LogP contribution in [-0.2, 0) is 21.1 Å². The highest BCUT2D eigenvalue weighted by molar-refractivity contribution is 7.91. The summed E-state index contributed by atoms with van der Waals surface area (Å²) in [6, 6.07) is 7.55. The zero-order valence-corrected chi connectivity index (χ0v) is 20.3. The minimum Gasteiger partial charge on any atom is -0.328 e. The summed E-state index contributed by atoms with van der Waals surface area (Å²) in [4.78, 5) is 56.5. The molecule has 35 heavy (non-hydrogen) atoms. The van der Waals surface area contributed by atoms with Crippen LogP contribution in [0.5, 0.6) is 0 Å². The first-order valence-corrected chi connectivity index (χ1v) is 12.9. The average molecular weight is 496 g/mol. The van der Waals surface area contributed by atoms with Crippen molar-refractivity contribution in [1.82, 2.24) is 15.2 Å². The number of ketones is 1. The summed E-state index contributed by atoms with van der Waals surface area (Å²) in [5.74, 6) is -1.85. The first kappa shape index (κ1) is 24.5. The minimum absolute atomic E-state index is 0.0575. The number of fused-ring (bicyclic) bond motifs is 1. The van der Waals surface area contributed by atoms with Crippen LogP contribution in [0.15, 0.2) is 53.7 Å². The SMILES string of the molecule is C=C1CC[C@](C)(N2C(=O)c3ccc(CCC(=O)c4ccc(S(=O)(=O)CC)cn4)cc3C2=O)C(=O)N1. The van der Waals surface area contributed by atoms with E-state index < -0.39 is 33.1 Å². The predicted octanol–water partition coefficient (Wildman–Crippen LogP) is 2.47. The van der Waals surface area contributed by atoms with Crippen LogP contribution in [-0.4, -0.2) is 53.1 Å². The normalized spacial score (nSPS) is 20.1. The standard InChI is InChI=1S/C25H25N3O6S/c1-4-35(33,34)17-7-9-20(26-14-17)21(29)10-6-16-5-8-18-19(13-16)23(31)28(22(18)30)25(3)12-11-15(2)27-24(25)32/h5,7-9,13-14H,2,4,6,10-12H2,1,3H3,(H,27,32)/t25-/m0/s1. The molecule has 0 aliphatic carbocycles. The van der Waals surface area contributed by atoms with Crippen LogP contribution in [0.2, 0.25) is 0 Å². The number of sulfone groups is 1. The third-order valence-electron chi connectivity index (χ3n) is 6.54. The lowest BCUT2D eigenvalue weighted by Gasteiger charge is -2.39. The molecule has 0 unspecified atom stereocenters. The average Bonchev–Trinajstić information content (AvgIpc) is 3.10. The molecule has 182 valence electrons. The number of pyridine rings is 1. The molecule has 0 saturated carbocycles. The van der Waals surface area contributed by atoms with E-state index in [-0.39, 0.29) is 46.1 Å². The second-order valence-corrected chi connectivity index (χ2v) is 11.1. The van der Waals surface area contributed by atoms with Crippen LogP contribution in [0.3, 0.4) is 0 Å². The van der Waals surface area contributed by atoms with E-state index in [0.29, 0.717) is 24.1 Å². The van der Waals surface area contributed by atoms with E-state index in [0.717, 1.165) is 4.90 Å². The maximum Gasteiger partial charge on any atom is 0.262 e. The van der Waals surface area contributed by atoms with Crippen LogP contribution < -0.4 is 5.32 Å². The highest BCUT2D eigenvalue weighted by Crippen LogP contribution is 2.35. The molecule has 1 N–H and O–H groups in total. The topological polar surface area (TPSA) is 131 Å². The van der Waals surface area contributed by atoms with Gasteiger partial charge in [-0.1, -0.05) is 19.6 Å². The number of allylic oxidation sites excluding steroid dienone is 1. The molecule has 1 fully saturated rings. The van der Waals surface area contributed by atoms with E-state index >= 15 is 0 Å². The fourth-order valence-corrected chi connectivity index (χ4v) is 5.07. The van der Waals surface area contributed by atoms with Crippen LogP contribution in [0.25, 0.3) is 0 Å². The van der Waals surface area contributed by atoms with Gasteiger partial charge in [-0.3, -0.25) is 29.1 Å². The van der Waals surface area contributed by atoms with E-state index in [4.69, 9.17) is 0 Å². The van der Waals surface area contributed by atoms with Crippen molar-refractivity contribution in [3.8, 4) is 0 Å². The summed E-state index contributed by atoms with van der Waals surface area (Å²) < 4.78 is 23.8. The van der Waals surface area contributed by atoms with Crippen molar-refractivity contribution < 1.29 is 27.6 Å². The number of benzene rings is 1. The highest BCUT2D eigenvalue weighted by atomic mass is 32.2. The number of carbonyl (C=O) groups is 4. The summed E-state index contributed by atoms with van der Waals surface area (Å²) in [6.07, 6.45) is 2.30. The Bertz CT molecular complexity index is 1380. The Balaban J connectivity index is 1.48. The van der Waals surface area contributed by atoms with Gasteiger partial charge in [-0.25, -0.2) is 8.42 Å². The zero-order chi connectivity index (χ0) is 25.5. The quantitative estimate of drug-likeness (QED) is 0.461. The third kappa shape index (κ3) is 4.29. The van der Waals surface area contributed by atoms with Crippen molar-refractivity contribution in [2.24, 2.45) is 0 Å². The molecule has 9 nitrogen and oxygen atoms in total. The van der Waals surface area contributed by atoms with Gasteiger partial charge in [0.15, 0.2) is 15.6 Å². The molecule has 1 aromatic heterocycles. The third-order valence-corrected chi connectivity index (χ3v) is 8.26. The summed E-state index contributed by atoms with van der Waals surface area (Å²) in [5.41, 5.74) is 0.483. The molecule has 1 aromatic carbocycles. The van der Waals surface area contributed by atoms with Crippen LogP contribution >= 0.6 is 0 Å². The van der Waals surface area contributed by atoms with Crippen molar-refractivity contribution in [1.29, 1.82) is 0 Å². The monoisotopic (exact) mass is 495 g/mol. The lowest BCUT2D eigenvalue weighted by Crippen LogP contribution is -2.60. The number of rotatable bonds is 7. The number of hydrogen-bond donors (Lipinski definition) is 1. The van der Waals surface area contributed by atoms with Gasteiger partial charge < -0.3 is 5.32 Å². The summed E-state index contributed by atoms with van der Waals surface area (Å²) >= 11 is 0. The highest BCUT2D eigenvalue weighted by Gasteiger charge is 2.51. The largest absolute Gasteiger partial charge is 0.328 e. The van der Waals surface area contributed by atoms with Gasteiger partial charge in [0.1, 0.15) is 11.2 Å². The van der Waals surface area contributed by atoms with Gasteiger partial charge in [0.2, 0.25) is 5.91 Å². The Kier molecular flexibility index (Phi) is 6.18. The van der Waals surface area contributed by atoms with Gasteiger partial charge in [0, 0.05) is 18.3 Å². The van der Waals surface area contributed by atoms with Gasteiger partial charge in [0.05, 0.1) is 21.8 Å². The van der Waals surface area contributed by atoms with Crippen LogP contribution in [0, 0.1) is 0 Å². The van der Waals surface area contributed by atoms with Crippen molar-refractivity contribution in [2.45, 2.75) is 50.0 Å². The number of hydrogen-bond acceptors (Lipinski definition) is 7. The molecule has 3 amide bonds. The van der Waals surface area contributed by atoms with E-state index in [1.165, 1.54) is 25.3 Å². The smallest absolute Gasteiger partial charge is 0.262 e. The number of piperidine rings is 1. The van der Waals surface area contributed by atoms with E-state index in [1.807, 2.05) is 0 Å². The predicted molar refractivity (Wildman–Crippen MR) is 126 cm³/mol. The summed E-state index contributed by atoms with van der Waals surface area (Å²) in [7, 11) is -3.40. The minimum atomic E-state index is -3.40. The molecule has 10 heteroatoms. The molecular weight excluding hydrogens is 470 g/mol. The van der Waals surface area contributed by atoms with E-state index in [9.17, 15) is 27.6 Å². The molecule has 0 radical (unpaired) electrons. The lowest BCUT2D eigenvalue weighted by atomic mass is 9.88. The fourth-order valence-electron chi connectivity index (χ4n) is 4.25. The number of nitrogens with one attached hydrogen (secondary N) is 1. The maximum absolute atomic E-state index is 13.2. The molecule has 2 aliphatic rings. The number of Topliss-reactive ketones (excluding diaryl/α,β-unsaturated/α-hetero) is 1. The van der Waals surface area contributed by atoms with Crippen molar-refractivity contribution in [3.63, 3.8) is 0 Å². The lowest BCUT2D eigenvalue weighted by molar-refractivity contribution is -0.131. The van der Waals surface area contributed by atoms with Gasteiger partial charge in [-0.05, 0) is 56.0 Å². The second kappa shape index (κ2) is 8.84. The van der Waals surface area contributed by atoms with Crippen molar-refractivity contribution in [2.75, 3.05) is 5.75 Å². The van der Waals surface area contributed by atoms with Gasteiger partial charge in [-0.15, -0.1) is 0 Å². The molecule has 1 saturated heterocycles. The molecule has 4 rings (SSSR count). The van der Waals surface area contributed by atoms with Gasteiger partial charge in [-0.2, -0.15) is 0 Å². The Morgan fingerprint density at radius 3 is 2.49 bits per heavy atom. The van der Waals surface area contributed by atoms with E-state index in [1.54, 1.807) is 25.1 Å². The fraction of sp³-hybridized carbons (Fsp3) is 0.320. The molecule has 2 aliphatic heterocycles. The molecule has 3 heterocycles. The first-order valence-electron chi connectivity index (χ1n) is 11.2. The number of nitrogens with zero attached hydrogens (tertiary/aromatic N) is 2. The Morgan fingerprint density at radius 1 is 1.14 bits per heavy atom. The van der Waals surface area contributed by atoms with Crippen LogP contribution in [0.1, 0.15) is 69.9 Å². The maximum atomic E-state index is 13.2. The second-order valence-electron chi connectivity index (χ2n) is 8.86. The number of aromatic nitrogens is 1. The zero-order valence-electron chi connectivity index (χ0n) is 19.5. The summed E-state index contributed by atoms with van der Waals surface area (Å²) in [5, 5.41) is 2.63. The Morgan fingerprint density at radius 2 is 1.86 bits per heavy atom. The molecule has 0 spiro atoms. The first-order chi connectivity index (χ1) is 16.5. The number of imide groups is 1. The molecule has 2 aromatic rings. The molecule has 0 bridgehead atoms. The van der Waals surface area contributed by atoms with Gasteiger partial charge >= 0.3 is 0 Å². The Labute approximate surface area is 203 Å². The van der Waals surface area contributed by atoms with E-state index in [2.05, 4.69) is 16.9 Å². The summed E-state index contributed by atoms with van der Waals surface area (Å²) in [6.45, 7) is 6.84. The molecule has 1 atom stereocenters. The Hall–Kier alpha value is -3.66.